The van der Waals surface area contributed by atoms with Gasteiger partial charge in [0.05, 0.1) is 12.2 Å². The zero-order chi connectivity index (χ0) is 25.9. The predicted octanol–water partition coefficient (Wildman–Crippen LogP) is 7.01. The van der Waals surface area contributed by atoms with Crippen molar-refractivity contribution in [2.45, 2.75) is 83.9 Å². The Labute approximate surface area is 212 Å². The minimum absolute atomic E-state index is 0.146. The van der Waals surface area contributed by atoms with Crippen LogP contribution >= 0.6 is 0 Å². The van der Waals surface area contributed by atoms with Gasteiger partial charge in [-0.1, -0.05) is 31.9 Å². The van der Waals surface area contributed by atoms with Gasteiger partial charge in [-0.15, -0.1) is 0 Å². The van der Waals surface area contributed by atoms with Crippen molar-refractivity contribution in [2.75, 3.05) is 6.61 Å². The second-order valence-electron chi connectivity index (χ2n) is 9.34. The summed E-state index contributed by atoms with van der Waals surface area (Å²) in [6.45, 7) is 4.17. The summed E-state index contributed by atoms with van der Waals surface area (Å²) >= 11 is 0. The molecule has 7 heteroatoms. The molecule has 1 aliphatic carbocycles. The largest absolute Gasteiger partial charge is 0.494 e. The van der Waals surface area contributed by atoms with Crippen molar-refractivity contribution in [1.82, 2.24) is 0 Å². The topological polar surface area (TPSA) is 61.8 Å². The number of carbonyl (C=O) groups excluding carboxylic acids is 2. The average molecular weight is 503 g/mol. The lowest BCUT2D eigenvalue weighted by Gasteiger charge is -2.28. The normalized spacial score (nSPS) is 18.3. The summed E-state index contributed by atoms with van der Waals surface area (Å²) in [6.07, 6.45) is 5.42. The molecule has 3 rings (SSSR count). The fourth-order valence-corrected chi connectivity index (χ4v) is 4.45. The predicted molar refractivity (Wildman–Crippen MR) is 134 cm³/mol. The quantitative estimate of drug-likeness (QED) is 0.231. The lowest BCUT2D eigenvalue weighted by Crippen LogP contribution is -2.29. The van der Waals surface area contributed by atoms with Crippen molar-refractivity contribution in [3.8, 4) is 11.5 Å². The smallest absolute Gasteiger partial charge is 0.346 e. The van der Waals surface area contributed by atoms with Crippen molar-refractivity contribution in [3.63, 3.8) is 0 Å². The highest BCUT2D eigenvalue weighted by Gasteiger charge is 2.27. The van der Waals surface area contributed by atoms with E-state index in [9.17, 15) is 18.4 Å². The third-order valence-electron chi connectivity index (χ3n) is 6.59. The van der Waals surface area contributed by atoms with Crippen LogP contribution in [0.15, 0.2) is 42.5 Å². The van der Waals surface area contributed by atoms with Gasteiger partial charge in [-0.2, -0.15) is 0 Å². The molecule has 0 spiro atoms. The molecule has 0 amide bonds. The zero-order valence-electron chi connectivity index (χ0n) is 21.1. The Bertz CT molecular complexity index is 984. The summed E-state index contributed by atoms with van der Waals surface area (Å²) in [7, 11) is 0. The summed E-state index contributed by atoms with van der Waals surface area (Å²) in [6, 6.07) is 11.3. The van der Waals surface area contributed by atoms with E-state index in [0.29, 0.717) is 30.4 Å². The highest BCUT2D eigenvalue weighted by atomic mass is 19.1. The van der Waals surface area contributed by atoms with Crippen LogP contribution in [0, 0.1) is 11.7 Å². The average Bonchev–Trinajstić information content (AvgIpc) is 2.88. The van der Waals surface area contributed by atoms with E-state index in [0.717, 1.165) is 50.5 Å². The van der Waals surface area contributed by atoms with Crippen molar-refractivity contribution in [3.05, 3.63) is 59.4 Å². The molecule has 1 fully saturated rings. The summed E-state index contributed by atoms with van der Waals surface area (Å²) in [5.74, 6) is -0.914. The molecule has 5 nitrogen and oxygen atoms in total. The van der Waals surface area contributed by atoms with E-state index in [1.807, 2.05) is 19.1 Å². The Morgan fingerprint density at radius 1 is 1.00 bits per heavy atom. The van der Waals surface area contributed by atoms with E-state index in [2.05, 4.69) is 0 Å². The Balaban J connectivity index is 1.40. The second kappa shape index (κ2) is 14.0. The highest BCUT2D eigenvalue weighted by Crippen LogP contribution is 2.30. The lowest BCUT2D eigenvalue weighted by molar-refractivity contribution is -0.157. The van der Waals surface area contributed by atoms with Gasteiger partial charge in [0.15, 0.2) is 6.17 Å². The van der Waals surface area contributed by atoms with Crippen LogP contribution < -0.4 is 9.47 Å². The van der Waals surface area contributed by atoms with Crippen LogP contribution in [0.2, 0.25) is 0 Å². The molecule has 1 aliphatic rings. The first-order chi connectivity index (χ1) is 17.4. The second-order valence-corrected chi connectivity index (χ2v) is 9.34. The number of ether oxygens (including phenoxy) is 3. The fourth-order valence-electron chi connectivity index (χ4n) is 4.45. The van der Waals surface area contributed by atoms with E-state index >= 15 is 0 Å². The van der Waals surface area contributed by atoms with Gasteiger partial charge in [-0.05, 0) is 87.6 Å². The monoisotopic (exact) mass is 502 g/mol. The minimum atomic E-state index is -1.51. The van der Waals surface area contributed by atoms with E-state index in [-0.39, 0.29) is 18.1 Å². The summed E-state index contributed by atoms with van der Waals surface area (Å²) < 4.78 is 44.0. The molecule has 1 atom stereocenters. The number of aryl methyl sites for hydroxylation is 1. The number of hydrogen-bond donors (Lipinski definition) is 0. The van der Waals surface area contributed by atoms with Crippen molar-refractivity contribution >= 4 is 11.9 Å². The number of esters is 2. The van der Waals surface area contributed by atoms with Crippen LogP contribution in [0.5, 0.6) is 11.5 Å². The molecule has 0 unspecified atom stereocenters. The molecule has 0 saturated heterocycles. The maximum absolute atomic E-state index is 14.2. The first-order valence-corrected chi connectivity index (χ1v) is 13.0. The molecule has 0 aliphatic heterocycles. The van der Waals surface area contributed by atoms with Crippen molar-refractivity contribution in [1.29, 1.82) is 0 Å². The number of alkyl halides is 1. The molecule has 1 saturated carbocycles. The third kappa shape index (κ3) is 8.32. The molecule has 36 heavy (non-hydrogen) atoms. The van der Waals surface area contributed by atoms with Crippen LogP contribution in [0.1, 0.15) is 81.1 Å². The molecule has 2 aromatic rings. The first kappa shape index (κ1) is 27.6. The Morgan fingerprint density at radius 2 is 1.69 bits per heavy atom. The van der Waals surface area contributed by atoms with E-state index in [1.165, 1.54) is 18.2 Å². The number of carbonyl (C=O) groups is 2. The van der Waals surface area contributed by atoms with Gasteiger partial charge in [0.1, 0.15) is 23.4 Å². The van der Waals surface area contributed by atoms with Gasteiger partial charge in [0, 0.05) is 6.07 Å². The summed E-state index contributed by atoms with van der Waals surface area (Å²) in [5.41, 5.74) is 0.971. The van der Waals surface area contributed by atoms with Gasteiger partial charge in [-0.3, -0.25) is 0 Å². The first-order valence-electron chi connectivity index (χ1n) is 13.0. The maximum Gasteiger partial charge on any atom is 0.346 e. The van der Waals surface area contributed by atoms with Crippen LogP contribution in [0.4, 0.5) is 8.78 Å². The van der Waals surface area contributed by atoms with Crippen LogP contribution in [0.25, 0.3) is 0 Å². The number of benzene rings is 2. The van der Waals surface area contributed by atoms with Crippen LogP contribution in [-0.2, 0) is 16.0 Å². The van der Waals surface area contributed by atoms with Gasteiger partial charge < -0.3 is 14.2 Å². The molecular weight excluding hydrogens is 466 g/mol. The minimum Gasteiger partial charge on any atom is -0.494 e. The molecule has 196 valence electrons. The number of halogens is 2. The molecule has 2 aromatic carbocycles. The molecular formula is C29H36F2O5. The molecule has 0 N–H and O–H groups in total. The maximum atomic E-state index is 14.2. The summed E-state index contributed by atoms with van der Waals surface area (Å²) in [4.78, 5) is 24.2. The zero-order valence-corrected chi connectivity index (χ0v) is 21.1. The van der Waals surface area contributed by atoms with Crippen LogP contribution in [0.3, 0.4) is 0 Å². The van der Waals surface area contributed by atoms with Crippen molar-refractivity contribution in [2.24, 2.45) is 5.92 Å². The fraction of sp³-hybridized carbons (Fsp3) is 0.517. The van der Waals surface area contributed by atoms with E-state index in [4.69, 9.17) is 14.2 Å². The van der Waals surface area contributed by atoms with Crippen molar-refractivity contribution < 1.29 is 32.6 Å². The highest BCUT2D eigenvalue weighted by molar-refractivity contribution is 5.91. The Hall–Kier alpha value is -2.96. The standard InChI is InChI=1S/C29H36F2O5/c1-3-5-6-26(30)29(33)36-23-15-11-21(12-16-23)8-7-20-9-13-22(14-10-20)35-28(32)25-18-17-24(34-4-2)19-27(25)31/h9-10,13-14,17-19,21,23,26H,3-8,11-12,15-16H2,1-2H3/t21?,23?,26-/m0/s1. The van der Waals surface area contributed by atoms with Gasteiger partial charge in [-0.25, -0.2) is 18.4 Å². The van der Waals surface area contributed by atoms with Crippen LogP contribution in [-0.4, -0.2) is 30.8 Å². The van der Waals surface area contributed by atoms with Gasteiger partial charge in [0.25, 0.3) is 0 Å². The third-order valence-corrected chi connectivity index (χ3v) is 6.59. The van der Waals surface area contributed by atoms with E-state index in [1.54, 1.807) is 19.1 Å². The molecule has 0 radical (unpaired) electrons. The number of rotatable bonds is 12. The van der Waals surface area contributed by atoms with Gasteiger partial charge in [0.2, 0.25) is 0 Å². The SMILES string of the molecule is CCCC[C@H](F)C(=O)OC1CCC(CCc2ccc(OC(=O)c3ccc(OCC)cc3F)cc2)CC1. The number of unbranched alkanes of at least 4 members (excludes halogenated alkanes) is 1. The summed E-state index contributed by atoms with van der Waals surface area (Å²) in [5, 5.41) is 0. The molecule has 0 aromatic heterocycles. The Kier molecular flexibility index (Phi) is 10.7. The van der Waals surface area contributed by atoms with E-state index < -0.39 is 23.9 Å². The molecule has 0 heterocycles. The van der Waals surface area contributed by atoms with Gasteiger partial charge >= 0.3 is 11.9 Å². The number of hydrogen-bond acceptors (Lipinski definition) is 5. The molecule has 0 bridgehead atoms. The Morgan fingerprint density at radius 3 is 2.33 bits per heavy atom. The lowest BCUT2D eigenvalue weighted by atomic mass is 9.83.